The van der Waals surface area contributed by atoms with E-state index in [2.05, 4.69) is 10.2 Å². The SMILES string of the molecule is CCc1nnc(Cl)n1-c1cc(Cl)c(F)c(Cl)c1. The molecule has 17 heavy (non-hydrogen) atoms. The molecule has 0 radical (unpaired) electrons. The van der Waals surface area contributed by atoms with Crippen molar-refractivity contribution in [3.8, 4) is 5.69 Å². The van der Waals surface area contributed by atoms with E-state index in [0.29, 0.717) is 17.9 Å². The first-order valence-corrected chi connectivity index (χ1v) is 5.92. The van der Waals surface area contributed by atoms with E-state index in [4.69, 9.17) is 34.8 Å². The van der Waals surface area contributed by atoms with Gasteiger partial charge in [-0.05, 0) is 23.7 Å². The first-order chi connectivity index (χ1) is 8.04. The zero-order valence-corrected chi connectivity index (χ0v) is 11.0. The van der Waals surface area contributed by atoms with Crippen LogP contribution in [-0.2, 0) is 6.42 Å². The molecule has 3 nitrogen and oxygen atoms in total. The molecule has 0 unspecified atom stereocenters. The van der Waals surface area contributed by atoms with Gasteiger partial charge in [-0.25, -0.2) is 4.39 Å². The highest BCUT2D eigenvalue weighted by atomic mass is 35.5. The van der Waals surface area contributed by atoms with Crippen LogP contribution in [0.4, 0.5) is 4.39 Å². The number of aryl methyl sites for hydroxylation is 1. The molecule has 1 aromatic heterocycles. The first-order valence-electron chi connectivity index (χ1n) is 4.79. The maximum absolute atomic E-state index is 13.3. The second-order valence-corrected chi connectivity index (χ2v) is 4.45. The van der Waals surface area contributed by atoms with Gasteiger partial charge in [0.1, 0.15) is 5.82 Å². The van der Waals surface area contributed by atoms with Crippen molar-refractivity contribution < 1.29 is 4.39 Å². The van der Waals surface area contributed by atoms with Gasteiger partial charge in [-0.2, -0.15) is 0 Å². The Kier molecular flexibility index (Phi) is 3.56. The monoisotopic (exact) mass is 293 g/mol. The molecular weight excluding hydrogens is 287 g/mol. The van der Waals surface area contributed by atoms with Crippen molar-refractivity contribution in [2.24, 2.45) is 0 Å². The van der Waals surface area contributed by atoms with Gasteiger partial charge in [0, 0.05) is 6.42 Å². The standard InChI is InChI=1S/C10H7Cl3FN3/c1-2-8-15-16-10(13)17(8)5-3-6(11)9(14)7(12)4-5/h3-4H,2H2,1H3. The molecule has 0 aliphatic rings. The molecule has 90 valence electrons. The van der Waals surface area contributed by atoms with Crippen molar-refractivity contribution in [1.29, 1.82) is 0 Å². The van der Waals surface area contributed by atoms with Crippen molar-refractivity contribution in [2.75, 3.05) is 0 Å². The van der Waals surface area contributed by atoms with Gasteiger partial charge < -0.3 is 0 Å². The van der Waals surface area contributed by atoms with Crippen molar-refractivity contribution in [3.05, 3.63) is 39.1 Å². The van der Waals surface area contributed by atoms with E-state index in [1.807, 2.05) is 6.92 Å². The van der Waals surface area contributed by atoms with Crippen LogP contribution >= 0.6 is 34.8 Å². The Morgan fingerprint density at radius 3 is 2.29 bits per heavy atom. The molecule has 7 heteroatoms. The van der Waals surface area contributed by atoms with Crippen LogP contribution in [0.2, 0.25) is 15.3 Å². The molecule has 0 N–H and O–H groups in total. The lowest BCUT2D eigenvalue weighted by Crippen LogP contribution is -2.01. The molecule has 0 saturated heterocycles. The molecule has 0 aliphatic heterocycles. The predicted molar refractivity (Wildman–Crippen MR) is 65.7 cm³/mol. The quantitative estimate of drug-likeness (QED) is 0.786. The molecule has 2 rings (SSSR count). The van der Waals surface area contributed by atoms with Gasteiger partial charge in [-0.1, -0.05) is 30.1 Å². The second-order valence-electron chi connectivity index (χ2n) is 3.30. The Bertz CT molecular complexity index is 545. The zero-order chi connectivity index (χ0) is 12.6. The molecule has 0 aliphatic carbocycles. The van der Waals surface area contributed by atoms with E-state index in [1.54, 1.807) is 4.57 Å². The minimum atomic E-state index is -0.653. The van der Waals surface area contributed by atoms with Crippen molar-refractivity contribution in [2.45, 2.75) is 13.3 Å². The summed E-state index contributed by atoms with van der Waals surface area (Å²) in [5.41, 5.74) is 0.535. The Balaban J connectivity index is 2.64. The summed E-state index contributed by atoms with van der Waals surface area (Å²) in [5.74, 6) is -0.00642. The van der Waals surface area contributed by atoms with Gasteiger partial charge in [0.15, 0.2) is 5.82 Å². The summed E-state index contributed by atoms with van der Waals surface area (Å²) in [6.07, 6.45) is 0.631. The Morgan fingerprint density at radius 2 is 1.76 bits per heavy atom. The van der Waals surface area contributed by atoms with E-state index in [9.17, 15) is 4.39 Å². The van der Waals surface area contributed by atoms with Crippen LogP contribution in [-0.4, -0.2) is 14.8 Å². The van der Waals surface area contributed by atoms with E-state index < -0.39 is 5.82 Å². The lowest BCUT2D eigenvalue weighted by atomic mass is 10.3. The van der Waals surface area contributed by atoms with E-state index in [0.717, 1.165) is 0 Å². The number of hydrogen-bond donors (Lipinski definition) is 0. The molecule has 0 fully saturated rings. The molecular formula is C10H7Cl3FN3. The lowest BCUT2D eigenvalue weighted by molar-refractivity contribution is 0.628. The number of benzene rings is 1. The fourth-order valence-corrected chi connectivity index (χ4v) is 2.16. The normalized spacial score (nSPS) is 10.9. The number of rotatable bonds is 2. The third-order valence-electron chi connectivity index (χ3n) is 2.23. The minimum absolute atomic E-state index is 0.0701. The van der Waals surface area contributed by atoms with Gasteiger partial charge in [-0.3, -0.25) is 4.57 Å². The summed E-state index contributed by atoms with van der Waals surface area (Å²) in [6.45, 7) is 1.91. The fourth-order valence-electron chi connectivity index (χ4n) is 1.45. The van der Waals surface area contributed by atoms with Gasteiger partial charge in [-0.15, -0.1) is 10.2 Å². The Hall–Kier alpha value is -0.840. The Morgan fingerprint density at radius 1 is 1.18 bits per heavy atom. The third-order valence-corrected chi connectivity index (χ3v) is 3.03. The highest BCUT2D eigenvalue weighted by molar-refractivity contribution is 6.35. The molecule has 0 atom stereocenters. The second kappa shape index (κ2) is 4.80. The van der Waals surface area contributed by atoms with Crippen LogP contribution in [0.5, 0.6) is 0 Å². The highest BCUT2D eigenvalue weighted by Crippen LogP contribution is 2.28. The Labute approximate surface area is 112 Å². The average Bonchev–Trinajstić information content (AvgIpc) is 2.66. The van der Waals surface area contributed by atoms with Crippen molar-refractivity contribution >= 4 is 34.8 Å². The number of aromatic nitrogens is 3. The predicted octanol–water partition coefficient (Wildman–Crippen LogP) is 3.93. The largest absolute Gasteiger partial charge is 0.270 e. The van der Waals surface area contributed by atoms with E-state index in [1.165, 1.54) is 12.1 Å². The lowest BCUT2D eigenvalue weighted by Gasteiger charge is -2.08. The summed E-state index contributed by atoms with van der Waals surface area (Å²) >= 11 is 17.4. The fraction of sp³-hybridized carbons (Fsp3) is 0.200. The van der Waals surface area contributed by atoms with Crippen LogP contribution in [0.3, 0.4) is 0 Å². The molecule has 1 heterocycles. The molecule has 0 amide bonds. The summed E-state index contributed by atoms with van der Waals surface area (Å²) in [7, 11) is 0. The van der Waals surface area contributed by atoms with Crippen LogP contribution < -0.4 is 0 Å². The van der Waals surface area contributed by atoms with Crippen LogP contribution in [0.1, 0.15) is 12.7 Å². The van der Waals surface area contributed by atoms with E-state index in [-0.39, 0.29) is 15.3 Å². The van der Waals surface area contributed by atoms with Crippen LogP contribution in [0.25, 0.3) is 5.69 Å². The number of hydrogen-bond acceptors (Lipinski definition) is 2. The smallest absolute Gasteiger partial charge is 0.229 e. The topological polar surface area (TPSA) is 30.7 Å². The van der Waals surface area contributed by atoms with Crippen LogP contribution in [0, 0.1) is 5.82 Å². The third kappa shape index (κ3) is 2.25. The van der Waals surface area contributed by atoms with Gasteiger partial charge in [0.05, 0.1) is 15.7 Å². The highest BCUT2D eigenvalue weighted by Gasteiger charge is 2.14. The van der Waals surface area contributed by atoms with Crippen molar-refractivity contribution in [3.63, 3.8) is 0 Å². The summed E-state index contributed by atoms with van der Waals surface area (Å²) < 4.78 is 14.9. The molecule has 2 aromatic rings. The van der Waals surface area contributed by atoms with Crippen molar-refractivity contribution in [1.82, 2.24) is 14.8 Å². The maximum atomic E-state index is 13.3. The molecule has 0 saturated carbocycles. The molecule has 0 spiro atoms. The molecule has 0 bridgehead atoms. The van der Waals surface area contributed by atoms with Gasteiger partial charge in [0.25, 0.3) is 0 Å². The summed E-state index contributed by atoms with van der Waals surface area (Å²) in [4.78, 5) is 0. The number of halogens is 4. The van der Waals surface area contributed by atoms with Crippen LogP contribution in [0.15, 0.2) is 12.1 Å². The molecule has 1 aromatic carbocycles. The van der Waals surface area contributed by atoms with Gasteiger partial charge in [0.2, 0.25) is 5.28 Å². The maximum Gasteiger partial charge on any atom is 0.229 e. The average molecular weight is 295 g/mol. The number of nitrogens with zero attached hydrogens (tertiary/aromatic N) is 3. The first kappa shape index (κ1) is 12.6. The zero-order valence-electron chi connectivity index (χ0n) is 8.72. The summed E-state index contributed by atoms with van der Waals surface area (Å²) in [5, 5.41) is 7.68. The van der Waals surface area contributed by atoms with Gasteiger partial charge >= 0.3 is 0 Å². The van der Waals surface area contributed by atoms with E-state index >= 15 is 0 Å². The minimum Gasteiger partial charge on any atom is -0.270 e. The summed E-state index contributed by atoms with van der Waals surface area (Å²) in [6, 6.07) is 2.86.